The van der Waals surface area contributed by atoms with Crippen LogP contribution in [0.3, 0.4) is 0 Å². The summed E-state index contributed by atoms with van der Waals surface area (Å²) in [6.45, 7) is 5.19. The van der Waals surface area contributed by atoms with Crippen LogP contribution in [0.25, 0.3) is 0 Å². The van der Waals surface area contributed by atoms with Gasteiger partial charge in [0.1, 0.15) is 11.0 Å². The van der Waals surface area contributed by atoms with Crippen LogP contribution in [0.5, 0.6) is 0 Å². The number of carboxylic acid groups (broad SMARTS) is 1. The van der Waals surface area contributed by atoms with Crippen LogP contribution in [0.15, 0.2) is 24.3 Å². The molecule has 0 radical (unpaired) electrons. The van der Waals surface area contributed by atoms with E-state index in [1.54, 1.807) is 45.0 Å². The fourth-order valence-electron chi connectivity index (χ4n) is 2.14. The summed E-state index contributed by atoms with van der Waals surface area (Å²) in [7, 11) is 0. The zero-order valence-corrected chi connectivity index (χ0v) is 14.1. The predicted octanol–water partition coefficient (Wildman–Crippen LogP) is 2.44. The lowest BCUT2D eigenvalue weighted by atomic mass is 10.1. The van der Waals surface area contributed by atoms with Gasteiger partial charge in [0.2, 0.25) is 0 Å². The van der Waals surface area contributed by atoms with Crippen molar-refractivity contribution in [2.45, 2.75) is 37.8 Å². The minimum Gasteiger partial charge on any atom is -0.548 e. The second-order valence-electron chi connectivity index (χ2n) is 5.93. The number of hydrogen-bond acceptors (Lipinski definition) is 5. The van der Waals surface area contributed by atoms with E-state index in [0.717, 1.165) is 0 Å². The Labute approximate surface area is 138 Å². The van der Waals surface area contributed by atoms with Crippen LogP contribution in [0.2, 0.25) is 5.02 Å². The van der Waals surface area contributed by atoms with E-state index in [4.69, 9.17) is 16.3 Å². The topological polar surface area (TPSA) is 69.7 Å². The third-order valence-electron chi connectivity index (χ3n) is 3.05. The van der Waals surface area contributed by atoms with Gasteiger partial charge in [0.15, 0.2) is 0 Å². The van der Waals surface area contributed by atoms with Crippen molar-refractivity contribution in [1.82, 2.24) is 4.90 Å². The first-order valence-corrected chi connectivity index (χ1v) is 8.21. The van der Waals surface area contributed by atoms with Crippen molar-refractivity contribution in [2.75, 3.05) is 5.75 Å². The van der Waals surface area contributed by atoms with E-state index in [1.807, 2.05) is 0 Å². The zero-order valence-electron chi connectivity index (χ0n) is 12.5. The molecule has 1 aliphatic heterocycles. The van der Waals surface area contributed by atoms with Crippen molar-refractivity contribution in [2.24, 2.45) is 0 Å². The number of thioether (sulfide) groups is 1. The molecule has 0 unspecified atom stereocenters. The maximum Gasteiger partial charge on any atom is 0.412 e. The molecular formula is C15H17ClNO4S-. The predicted molar refractivity (Wildman–Crippen MR) is 83.5 cm³/mol. The van der Waals surface area contributed by atoms with Crippen LogP contribution in [0.1, 0.15) is 31.7 Å². The summed E-state index contributed by atoms with van der Waals surface area (Å²) in [5, 5.41) is 11.3. The standard InChI is InChI=1S/C15H18ClNO4S/c1-15(2,3)21-14(20)17-11(13(18)19)8-22-12(17)9-6-4-5-7-10(9)16/h4-7,11-12H,8H2,1-3H3,(H,18,19)/p-1/t11-,12+/m0/s1. The molecule has 0 spiro atoms. The molecule has 1 saturated heterocycles. The highest BCUT2D eigenvalue weighted by Gasteiger charge is 2.42. The first-order valence-electron chi connectivity index (χ1n) is 6.79. The van der Waals surface area contributed by atoms with Crippen molar-refractivity contribution in [3.8, 4) is 0 Å². The van der Waals surface area contributed by atoms with Gasteiger partial charge in [-0.25, -0.2) is 4.79 Å². The number of benzene rings is 1. The third kappa shape index (κ3) is 3.67. The summed E-state index contributed by atoms with van der Waals surface area (Å²) < 4.78 is 5.33. The number of ether oxygens (including phenoxy) is 1. The molecule has 1 aliphatic rings. The average Bonchev–Trinajstić information content (AvgIpc) is 2.82. The number of hydrogen-bond donors (Lipinski definition) is 0. The van der Waals surface area contributed by atoms with Gasteiger partial charge in [0.05, 0.1) is 12.0 Å². The van der Waals surface area contributed by atoms with Gasteiger partial charge in [-0.1, -0.05) is 29.8 Å². The molecule has 22 heavy (non-hydrogen) atoms. The van der Waals surface area contributed by atoms with E-state index in [9.17, 15) is 14.7 Å². The molecule has 0 aromatic heterocycles. The summed E-state index contributed by atoms with van der Waals surface area (Å²) in [6.07, 6.45) is -0.684. The SMILES string of the molecule is CC(C)(C)OC(=O)N1[C@@H](c2ccccc2Cl)SC[C@H]1C(=O)[O-]. The lowest BCUT2D eigenvalue weighted by Crippen LogP contribution is -2.50. The quantitative estimate of drug-likeness (QED) is 0.825. The maximum absolute atomic E-state index is 12.4. The van der Waals surface area contributed by atoms with E-state index in [1.165, 1.54) is 16.7 Å². The fraction of sp³-hybridized carbons (Fsp3) is 0.467. The maximum atomic E-state index is 12.4. The molecule has 2 atom stereocenters. The molecular weight excluding hydrogens is 326 g/mol. The summed E-state index contributed by atoms with van der Waals surface area (Å²) in [4.78, 5) is 25.0. The van der Waals surface area contributed by atoms with E-state index in [-0.39, 0.29) is 5.75 Å². The average molecular weight is 343 g/mol. The Balaban J connectivity index is 2.35. The van der Waals surface area contributed by atoms with Crippen molar-refractivity contribution < 1.29 is 19.4 Å². The van der Waals surface area contributed by atoms with E-state index < -0.39 is 29.1 Å². The molecule has 1 fully saturated rings. The Kier molecular flexibility index (Phi) is 4.92. The summed E-state index contributed by atoms with van der Waals surface area (Å²) >= 11 is 7.51. The fourth-order valence-corrected chi connectivity index (χ4v) is 3.88. The van der Waals surface area contributed by atoms with Gasteiger partial charge in [-0.05, 0) is 26.8 Å². The lowest BCUT2D eigenvalue weighted by Gasteiger charge is -2.32. The minimum atomic E-state index is -1.30. The number of carboxylic acids is 1. The molecule has 2 rings (SSSR count). The van der Waals surface area contributed by atoms with Crippen LogP contribution < -0.4 is 5.11 Å². The highest BCUT2D eigenvalue weighted by molar-refractivity contribution is 7.99. The van der Waals surface area contributed by atoms with Crippen molar-refractivity contribution in [3.63, 3.8) is 0 Å². The lowest BCUT2D eigenvalue weighted by molar-refractivity contribution is -0.310. The number of carbonyl (C=O) groups is 2. The number of aliphatic carboxylic acids is 1. The second-order valence-corrected chi connectivity index (χ2v) is 7.45. The van der Waals surface area contributed by atoms with Gasteiger partial charge >= 0.3 is 6.09 Å². The van der Waals surface area contributed by atoms with E-state index >= 15 is 0 Å². The Morgan fingerprint density at radius 1 is 1.36 bits per heavy atom. The zero-order chi connectivity index (χ0) is 16.5. The summed E-state index contributed by atoms with van der Waals surface area (Å²) in [6, 6.07) is 6.01. The van der Waals surface area contributed by atoms with Gasteiger partial charge in [-0.2, -0.15) is 0 Å². The van der Waals surface area contributed by atoms with Gasteiger partial charge in [0, 0.05) is 16.3 Å². The molecule has 5 nitrogen and oxygen atoms in total. The van der Waals surface area contributed by atoms with Gasteiger partial charge in [-0.15, -0.1) is 11.8 Å². The number of amides is 1. The molecule has 0 saturated carbocycles. The Bertz CT molecular complexity index is 587. The molecule has 7 heteroatoms. The monoisotopic (exact) mass is 342 g/mol. The van der Waals surface area contributed by atoms with Crippen LogP contribution in [0.4, 0.5) is 4.79 Å². The molecule has 1 aromatic carbocycles. The molecule has 1 heterocycles. The van der Waals surface area contributed by atoms with Gasteiger partial charge in [0.25, 0.3) is 0 Å². The molecule has 1 aromatic rings. The largest absolute Gasteiger partial charge is 0.548 e. The van der Waals surface area contributed by atoms with Gasteiger partial charge < -0.3 is 14.6 Å². The number of rotatable bonds is 2. The Morgan fingerprint density at radius 2 is 2.00 bits per heavy atom. The van der Waals surface area contributed by atoms with Crippen molar-refractivity contribution in [3.05, 3.63) is 34.9 Å². The third-order valence-corrected chi connectivity index (χ3v) is 4.70. The molecule has 0 N–H and O–H groups in total. The van der Waals surface area contributed by atoms with Crippen LogP contribution in [0, 0.1) is 0 Å². The van der Waals surface area contributed by atoms with Crippen molar-refractivity contribution in [1.29, 1.82) is 0 Å². The highest BCUT2D eigenvalue weighted by Crippen LogP contribution is 2.44. The van der Waals surface area contributed by atoms with Crippen molar-refractivity contribution >= 4 is 35.4 Å². The van der Waals surface area contributed by atoms with Crippen LogP contribution in [-0.4, -0.2) is 34.4 Å². The Hall–Kier alpha value is -1.40. The normalized spacial score (nSPS) is 21.7. The second kappa shape index (κ2) is 6.38. The van der Waals surface area contributed by atoms with E-state index in [2.05, 4.69) is 0 Å². The first kappa shape index (κ1) is 17.0. The molecule has 120 valence electrons. The van der Waals surface area contributed by atoms with Crippen LogP contribution >= 0.6 is 23.4 Å². The Morgan fingerprint density at radius 3 is 2.55 bits per heavy atom. The number of nitrogens with zero attached hydrogens (tertiary/aromatic N) is 1. The smallest absolute Gasteiger partial charge is 0.412 e. The van der Waals surface area contributed by atoms with E-state index in [0.29, 0.717) is 10.6 Å². The van der Waals surface area contributed by atoms with Gasteiger partial charge in [-0.3, -0.25) is 4.90 Å². The number of carbonyl (C=O) groups excluding carboxylic acids is 2. The molecule has 0 bridgehead atoms. The first-order chi connectivity index (χ1) is 10.2. The highest BCUT2D eigenvalue weighted by atomic mass is 35.5. The number of halogens is 1. The minimum absolute atomic E-state index is 0.234. The summed E-state index contributed by atoms with van der Waals surface area (Å²) in [5.41, 5.74) is -0.0324. The molecule has 1 amide bonds. The summed E-state index contributed by atoms with van der Waals surface area (Å²) in [5.74, 6) is -1.06. The molecule has 0 aliphatic carbocycles. The van der Waals surface area contributed by atoms with Crippen LogP contribution in [-0.2, 0) is 9.53 Å².